The molecule has 0 saturated carbocycles. The van der Waals surface area contributed by atoms with Crippen LogP contribution in [0.2, 0.25) is 0 Å². The minimum absolute atomic E-state index is 0.00425. The average molecular weight is 394 g/mol. The van der Waals surface area contributed by atoms with Gasteiger partial charge in [0.2, 0.25) is 0 Å². The Morgan fingerprint density at radius 2 is 1.83 bits per heavy atom. The van der Waals surface area contributed by atoms with Crippen molar-refractivity contribution in [3.63, 3.8) is 0 Å². The molecular weight excluding hydrogens is 375 g/mol. The molecule has 0 saturated heterocycles. The van der Waals surface area contributed by atoms with Gasteiger partial charge in [0, 0.05) is 0 Å². The van der Waals surface area contributed by atoms with Gasteiger partial charge in [0.1, 0.15) is 5.75 Å². The number of ether oxygens (including phenoxy) is 1. The molecular formula is C14H19O5PS3. The maximum absolute atomic E-state index is 11.8. The second-order valence-electron chi connectivity index (χ2n) is 4.01. The third kappa shape index (κ3) is 8.77. The lowest BCUT2D eigenvalue weighted by Gasteiger charge is -2.21. The molecule has 0 aromatic heterocycles. The van der Waals surface area contributed by atoms with Gasteiger partial charge in [-0.25, -0.2) is 0 Å². The van der Waals surface area contributed by atoms with E-state index in [1.54, 1.807) is 19.1 Å². The fourth-order valence-corrected chi connectivity index (χ4v) is 6.48. The summed E-state index contributed by atoms with van der Waals surface area (Å²) in [5.41, 5.74) is -2.66. The summed E-state index contributed by atoms with van der Waals surface area (Å²) in [5, 5.41) is -0.159. The van der Waals surface area contributed by atoms with Crippen LogP contribution in [-0.2, 0) is 30.7 Å². The van der Waals surface area contributed by atoms with Crippen LogP contribution in [0.1, 0.15) is 13.8 Å². The minimum atomic E-state index is -2.66. The number of para-hydroxylation sites is 1. The summed E-state index contributed by atoms with van der Waals surface area (Å²) >= 11 is 7.55. The number of esters is 1. The highest BCUT2D eigenvalue weighted by Gasteiger charge is 2.23. The molecule has 1 unspecified atom stereocenters. The van der Waals surface area contributed by atoms with Crippen molar-refractivity contribution in [2.24, 2.45) is 0 Å². The smallest absolute Gasteiger partial charge is 0.316 e. The van der Waals surface area contributed by atoms with E-state index in [2.05, 4.69) is 0 Å². The van der Waals surface area contributed by atoms with E-state index in [9.17, 15) is 9.59 Å². The van der Waals surface area contributed by atoms with Gasteiger partial charge in [-0.05, 0) is 49.2 Å². The fourth-order valence-electron chi connectivity index (χ4n) is 1.37. The molecule has 0 spiro atoms. The van der Waals surface area contributed by atoms with Crippen LogP contribution in [0.3, 0.4) is 0 Å². The second-order valence-corrected chi connectivity index (χ2v) is 11.3. The van der Waals surface area contributed by atoms with Crippen LogP contribution in [0.5, 0.6) is 5.75 Å². The van der Waals surface area contributed by atoms with E-state index in [0.717, 1.165) is 11.8 Å². The van der Waals surface area contributed by atoms with Crippen molar-refractivity contribution in [2.75, 3.05) is 24.7 Å². The van der Waals surface area contributed by atoms with Crippen molar-refractivity contribution in [3.8, 4) is 5.75 Å². The lowest BCUT2D eigenvalue weighted by atomic mass is 10.3. The number of thioether (sulfide) groups is 1. The van der Waals surface area contributed by atoms with Gasteiger partial charge in [0.15, 0.2) is 5.12 Å². The highest BCUT2D eigenvalue weighted by molar-refractivity contribution is 8.68. The zero-order valence-electron chi connectivity index (χ0n) is 12.9. The van der Waals surface area contributed by atoms with E-state index in [-0.39, 0.29) is 16.6 Å². The second kappa shape index (κ2) is 11.1. The molecule has 0 bridgehead atoms. The lowest BCUT2D eigenvalue weighted by Crippen LogP contribution is -2.09. The Labute approximate surface area is 149 Å². The van der Waals surface area contributed by atoms with Crippen LogP contribution >= 0.6 is 28.8 Å². The monoisotopic (exact) mass is 394 g/mol. The van der Waals surface area contributed by atoms with Crippen molar-refractivity contribution in [2.45, 2.75) is 13.8 Å². The van der Waals surface area contributed by atoms with Gasteiger partial charge in [-0.3, -0.25) is 9.59 Å². The van der Waals surface area contributed by atoms with Gasteiger partial charge in [0.05, 0.1) is 24.7 Å². The number of hydrogen-bond acceptors (Lipinski definition) is 8. The molecule has 1 aromatic carbocycles. The maximum Gasteiger partial charge on any atom is 0.316 e. The molecule has 0 aliphatic carbocycles. The van der Waals surface area contributed by atoms with E-state index >= 15 is 0 Å². The van der Waals surface area contributed by atoms with E-state index in [1.807, 2.05) is 25.1 Å². The highest BCUT2D eigenvalue weighted by Crippen LogP contribution is 2.60. The molecule has 0 aliphatic rings. The summed E-state index contributed by atoms with van der Waals surface area (Å²) in [6, 6.07) is 9.13. The normalized spacial score (nSPS) is 13.1. The molecule has 1 atom stereocenters. The van der Waals surface area contributed by atoms with Crippen LogP contribution in [-0.4, -0.2) is 35.8 Å². The van der Waals surface area contributed by atoms with E-state index in [4.69, 9.17) is 25.6 Å². The average Bonchev–Trinajstić information content (AvgIpc) is 2.52. The summed E-state index contributed by atoms with van der Waals surface area (Å²) in [5.74, 6) is 0.336. The zero-order valence-corrected chi connectivity index (χ0v) is 16.3. The summed E-state index contributed by atoms with van der Waals surface area (Å²) in [4.78, 5) is 23.1. The van der Waals surface area contributed by atoms with Gasteiger partial charge in [0.25, 0.3) is 5.69 Å². The van der Waals surface area contributed by atoms with Crippen LogP contribution in [0.15, 0.2) is 30.3 Å². The van der Waals surface area contributed by atoms with Crippen LogP contribution in [0.4, 0.5) is 0 Å². The molecule has 0 N–H and O–H groups in total. The minimum Gasteiger partial charge on any atom is -0.465 e. The number of hydrogen-bond donors (Lipinski definition) is 0. The number of benzene rings is 1. The fraction of sp³-hybridized carbons (Fsp3) is 0.429. The zero-order chi connectivity index (χ0) is 17.1. The molecule has 0 fully saturated rings. The van der Waals surface area contributed by atoms with Crippen LogP contribution in [0.25, 0.3) is 0 Å². The molecule has 0 radical (unpaired) electrons. The van der Waals surface area contributed by atoms with Crippen molar-refractivity contribution < 1.29 is 23.4 Å². The van der Waals surface area contributed by atoms with Crippen LogP contribution < -0.4 is 4.52 Å². The quantitative estimate of drug-likeness (QED) is 0.438. The van der Waals surface area contributed by atoms with Gasteiger partial charge in [-0.2, -0.15) is 0 Å². The molecule has 9 heteroatoms. The Morgan fingerprint density at radius 3 is 2.43 bits per heavy atom. The predicted molar refractivity (Wildman–Crippen MR) is 99.5 cm³/mol. The summed E-state index contributed by atoms with van der Waals surface area (Å²) < 4.78 is 16.1. The van der Waals surface area contributed by atoms with E-state index < -0.39 is 11.7 Å². The molecule has 0 aliphatic heterocycles. The number of carbonyl (C=O) groups excluding carboxylic acids is 2. The molecule has 0 amide bonds. The lowest BCUT2D eigenvalue weighted by molar-refractivity contribution is -0.140. The molecule has 23 heavy (non-hydrogen) atoms. The first kappa shape index (κ1) is 20.5. The SMILES string of the molecule is CCOC(=O)CSC(=O)CSP(=S)(OCC)Oc1ccccc1. The molecule has 5 nitrogen and oxygen atoms in total. The Bertz CT molecular complexity index is 553. The number of carbonyl (C=O) groups is 2. The topological polar surface area (TPSA) is 61.8 Å². The Balaban J connectivity index is 2.50. The Hall–Kier alpha value is -0.530. The largest absolute Gasteiger partial charge is 0.465 e. The Morgan fingerprint density at radius 1 is 1.13 bits per heavy atom. The van der Waals surface area contributed by atoms with E-state index in [1.165, 1.54) is 11.4 Å². The van der Waals surface area contributed by atoms with Gasteiger partial charge in [-0.1, -0.05) is 30.0 Å². The first-order valence-corrected chi connectivity index (χ1v) is 12.2. The third-order valence-electron chi connectivity index (χ3n) is 2.24. The van der Waals surface area contributed by atoms with Gasteiger partial charge >= 0.3 is 5.97 Å². The Kier molecular flexibility index (Phi) is 9.90. The van der Waals surface area contributed by atoms with Crippen LogP contribution in [0, 0.1) is 0 Å². The summed E-state index contributed by atoms with van der Waals surface area (Å²) in [6.07, 6.45) is 0. The summed E-state index contributed by atoms with van der Waals surface area (Å²) in [7, 11) is 0. The first-order chi connectivity index (χ1) is 11.0. The van der Waals surface area contributed by atoms with E-state index in [0.29, 0.717) is 19.0 Å². The summed E-state index contributed by atoms with van der Waals surface area (Å²) in [6.45, 7) is 4.26. The highest BCUT2D eigenvalue weighted by atomic mass is 32.9. The standard InChI is InChI=1S/C14H19O5PS3/c1-3-17-13(15)10-22-14(16)11-23-20(21,18-4-2)19-12-8-6-5-7-9-12/h5-9H,3-4,10-11H2,1-2H3. The van der Waals surface area contributed by atoms with Gasteiger partial charge in [-0.15, -0.1) is 0 Å². The predicted octanol–water partition coefficient (Wildman–Crippen LogP) is 3.88. The molecule has 128 valence electrons. The van der Waals surface area contributed by atoms with Crippen molar-refractivity contribution in [1.29, 1.82) is 0 Å². The molecule has 0 heterocycles. The van der Waals surface area contributed by atoms with Crippen molar-refractivity contribution in [1.82, 2.24) is 0 Å². The van der Waals surface area contributed by atoms with Crippen molar-refractivity contribution >= 4 is 51.7 Å². The first-order valence-electron chi connectivity index (χ1n) is 6.94. The van der Waals surface area contributed by atoms with Gasteiger partial charge < -0.3 is 13.8 Å². The maximum atomic E-state index is 11.8. The molecule has 1 aromatic rings. The molecule has 1 rings (SSSR count). The third-order valence-corrected chi connectivity index (χ3v) is 8.35. The number of rotatable bonds is 10. The van der Waals surface area contributed by atoms with Crippen molar-refractivity contribution in [3.05, 3.63) is 30.3 Å².